The maximum absolute atomic E-state index is 14.5. The van der Waals surface area contributed by atoms with Crippen LogP contribution < -0.4 is 4.74 Å². The Labute approximate surface area is 158 Å². The predicted molar refractivity (Wildman–Crippen MR) is 96.6 cm³/mol. The summed E-state index contributed by atoms with van der Waals surface area (Å²) in [5.74, 6) is -1.07. The fourth-order valence-corrected chi connectivity index (χ4v) is 4.26. The summed E-state index contributed by atoms with van der Waals surface area (Å²) >= 11 is 1.11. The Morgan fingerprint density at radius 2 is 2.15 bits per heavy atom. The molecule has 2 heterocycles. The first-order valence-corrected chi connectivity index (χ1v) is 9.42. The van der Waals surface area contributed by atoms with Gasteiger partial charge in [-0.1, -0.05) is 18.2 Å². The minimum absolute atomic E-state index is 0.0303. The van der Waals surface area contributed by atoms with Crippen LogP contribution in [0.3, 0.4) is 0 Å². The van der Waals surface area contributed by atoms with Crippen molar-refractivity contribution in [2.45, 2.75) is 38.7 Å². The molecule has 1 unspecified atom stereocenters. The lowest BCUT2D eigenvalue weighted by Crippen LogP contribution is -2.38. The van der Waals surface area contributed by atoms with E-state index in [-0.39, 0.29) is 23.8 Å². The average Bonchev–Trinajstić information content (AvgIpc) is 3.37. The first kappa shape index (κ1) is 15.1. The van der Waals surface area contributed by atoms with E-state index in [2.05, 4.69) is 0 Å². The summed E-state index contributed by atoms with van der Waals surface area (Å²) in [6, 6.07) is 7.02. The zero-order chi connectivity index (χ0) is 20.1. The topological polar surface area (TPSA) is 46.6 Å². The molecule has 0 radical (unpaired) electrons. The summed E-state index contributed by atoms with van der Waals surface area (Å²) in [5.41, 5.74) is 0.955. The van der Waals surface area contributed by atoms with Crippen LogP contribution in [0.2, 0.25) is 0 Å². The first-order valence-electron chi connectivity index (χ1n) is 9.60. The normalized spacial score (nSPS) is 21.3. The van der Waals surface area contributed by atoms with E-state index in [9.17, 15) is 14.0 Å². The van der Waals surface area contributed by atoms with Crippen molar-refractivity contribution in [3.05, 3.63) is 52.2 Å². The number of ketones is 1. The van der Waals surface area contributed by atoms with Gasteiger partial charge >= 0.3 is 5.97 Å². The molecule has 0 saturated heterocycles. The summed E-state index contributed by atoms with van der Waals surface area (Å²) < 4.78 is 36.7. The van der Waals surface area contributed by atoms with E-state index in [0.29, 0.717) is 22.0 Å². The van der Waals surface area contributed by atoms with Gasteiger partial charge in [0.05, 0.1) is 6.04 Å². The number of rotatable bonds is 5. The monoisotopic (exact) mass is 375 g/mol. The highest BCUT2D eigenvalue weighted by molar-refractivity contribution is 7.14. The Bertz CT molecular complexity index is 941. The standard InChI is InChI=1S/C20H20FNO3S/c1-12(23)25-18-10-14-11-22(9-8-17(14)26-18)19(20(24)13-6-7-13)15-4-2-3-5-16(15)21/h2-5,10,13,19H,6-9,11H2,1H3/i8D2. The second-order valence-electron chi connectivity index (χ2n) is 6.70. The Hall–Kier alpha value is -2.05. The lowest BCUT2D eigenvalue weighted by molar-refractivity contribution is -0.131. The van der Waals surface area contributed by atoms with Crippen molar-refractivity contribution in [2.75, 3.05) is 6.54 Å². The van der Waals surface area contributed by atoms with E-state index in [4.69, 9.17) is 7.48 Å². The molecule has 1 fully saturated rings. The zero-order valence-corrected chi connectivity index (χ0v) is 15.1. The maximum atomic E-state index is 14.5. The quantitative estimate of drug-likeness (QED) is 0.744. The van der Waals surface area contributed by atoms with Crippen LogP contribution in [-0.4, -0.2) is 23.2 Å². The van der Waals surface area contributed by atoms with E-state index in [1.807, 2.05) is 0 Å². The average molecular weight is 375 g/mol. The summed E-state index contributed by atoms with van der Waals surface area (Å²) in [6.07, 6.45) is -0.139. The number of hydrogen-bond donors (Lipinski definition) is 0. The van der Waals surface area contributed by atoms with E-state index in [1.54, 1.807) is 29.2 Å². The van der Waals surface area contributed by atoms with Gasteiger partial charge in [-0.2, -0.15) is 0 Å². The molecule has 0 spiro atoms. The minimum Gasteiger partial charge on any atom is -0.416 e. The third-order valence-electron chi connectivity index (χ3n) is 4.66. The summed E-state index contributed by atoms with van der Waals surface area (Å²) in [7, 11) is 0. The smallest absolute Gasteiger partial charge is 0.308 e. The second-order valence-corrected chi connectivity index (χ2v) is 7.71. The van der Waals surface area contributed by atoms with E-state index < -0.39 is 24.2 Å². The van der Waals surface area contributed by atoms with Gasteiger partial charge < -0.3 is 4.74 Å². The van der Waals surface area contributed by atoms with Crippen LogP contribution >= 0.6 is 11.3 Å². The van der Waals surface area contributed by atoms with Gasteiger partial charge in [0.25, 0.3) is 0 Å². The van der Waals surface area contributed by atoms with Crippen molar-refractivity contribution in [3.63, 3.8) is 0 Å². The molecule has 1 aromatic heterocycles. The van der Waals surface area contributed by atoms with Crippen LogP contribution in [0.15, 0.2) is 30.3 Å². The van der Waals surface area contributed by atoms with Crippen molar-refractivity contribution in [1.29, 1.82) is 0 Å². The highest BCUT2D eigenvalue weighted by atomic mass is 32.1. The molecule has 136 valence electrons. The number of benzene rings is 1. The number of Topliss-reactive ketones (excluding diaryl/α,β-unsaturated/α-hetero) is 1. The number of fused-ring (bicyclic) bond motifs is 1. The van der Waals surface area contributed by atoms with Gasteiger partial charge in [0.2, 0.25) is 0 Å². The molecule has 0 bridgehead atoms. The second kappa shape index (κ2) is 6.93. The molecule has 1 aromatic carbocycles. The summed E-state index contributed by atoms with van der Waals surface area (Å²) in [5, 5.41) is 0.333. The molecular formula is C20H20FNO3S. The Morgan fingerprint density at radius 1 is 1.38 bits per heavy atom. The molecule has 4 rings (SSSR count). The lowest BCUT2D eigenvalue weighted by Gasteiger charge is -2.34. The molecule has 0 N–H and O–H groups in total. The summed E-state index contributed by atoms with van der Waals surface area (Å²) in [4.78, 5) is 26.5. The van der Waals surface area contributed by atoms with Crippen LogP contribution in [0.4, 0.5) is 4.39 Å². The molecule has 6 heteroatoms. The van der Waals surface area contributed by atoms with Crippen molar-refractivity contribution < 1.29 is 21.5 Å². The molecule has 1 saturated carbocycles. The number of halogens is 1. The molecule has 1 aliphatic heterocycles. The number of carbonyl (C=O) groups is 2. The van der Waals surface area contributed by atoms with Crippen molar-refractivity contribution in [1.82, 2.24) is 4.90 Å². The molecule has 1 aliphatic carbocycles. The van der Waals surface area contributed by atoms with Gasteiger partial charge in [0, 0.05) is 39.1 Å². The first-order chi connectivity index (χ1) is 13.3. The van der Waals surface area contributed by atoms with Crippen LogP contribution in [-0.2, 0) is 22.5 Å². The largest absolute Gasteiger partial charge is 0.416 e. The Kier molecular flexibility index (Phi) is 4.01. The Morgan fingerprint density at radius 3 is 2.85 bits per heavy atom. The van der Waals surface area contributed by atoms with Gasteiger partial charge in [0.15, 0.2) is 10.8 Å². The van der Waals surface area contributed by atoms with Gasteiger partial charge in [0.1, 0.15) is 5.82 Å². The van der Waals surface area contributed by atoms with Crippen molar-refractivity contribution >= 4 is 23.1 Å². The van der Waals surface area contributed by atoms with Crippen molar-refractivity contribution in [3.8, 4) is 5.06 Å². The number of thiophene rings is 1. The third kappa shape index (κ3) is 3.44. The SMILES string of the molecule is [2H]C1([2H])CN(C(C(=O)C2CC2)c2ccccc2F)Cc2cc(OC(C)=O)sc21. The number of esters is 1. The number of ether oxygens (including phenoxy) is 1. The number of hydrogen-bond acceptors (Lipinski definition) is 5. The van der Waals surface area contributed by atoms with Gasteiger partial charge in [-0.25, -0.2) is 4.39 Å². The molecule has 2 aromatic rings. The molecular weight excluding hydrogens is 353 g/mol. The van der Waals surface area contributed by atoms with Crippen LogP contribution in [0, 0.1) is 11.7 Å². The lowest BCUT2D eigenvalue weighted by atomic mass is 9.95. The highest BCUT2D eigenvalue weighted by Crippen LogP contribution is 2.41. The van der Waals surface area contributed by atoms with Crippen molar-refractivity contribution in [2.24, 2.45) is 5.92 Å². The number of carbonyl (C=O) groups excluding carboxylic acids is 2. The molecule has 4 nitrogen and oxygen atoms in total. The highest BCUT2D eigenvalue weighted by Gasteiger charge is 2.40. The van der Waals surface area contributed by atoms with Gasteiger partial charge in [-0.15, -0.1) is 11.3 Å². The fraction of sp³-hybridized carbons (Fsp3) is 0.400. The van der Waals surface area contributed by atoms with E-state index in [1.165, 1.54) is 13.0 Å². The van der Waals surface area contributed by atoms with Crippen LogP contribution in [0.25, 0.3) is 0 Å². The molecule has 26 heavy (non-hydrogen) atoms. The zero-order valence-electron chi connectivity index (χ0n) is 16.3. The molecule has 2 aliphatic rings. The molecule has 1 atom stereocenters. The predicted octanol–water partition coefficient (Wildman–Crippen LogP) is 3.89. The Balaban J connectivity index is 1.72. The van der Waals surface area contributed by atoms with E-state index in [0.717, 1.165) is 24.2 Å². The fourth-order valence-electron chi connectivity index (χ4n) is 3.31. The summed E-state index contributed by atoms with van der Waals surface area (Å²) in [6.45, 7) is 1.56. The van der Waals surface area contributed by atoms with E-state index >= 15 is 0 Å². The van der Waals surface area contributed by atoms with Gasteiger partial charge in [-0.05, 0) is 36.9 Å². The third-order valence-corrected chi connectivity index (χ3v) is 5.67. The van der Waals surface area contributed by atoms with Crippen LogP contribution in [0.5, 0.6) is 5.06 Å². The molecule has 0 amide bonds. The number of nitrogens with zero attached hydrogens (tertiary/aromatic N) is 1. The minimum atomic E-state index is -1.73. The van der Waals surface area contributed by atoms with Crippen LogP contribution in [0.1, 0.15) is 44.6 Å². The van der Waals surface area contributed by atoms with Gasteiger partial charge in [-0.3, -0.25) is 14.5 Å². The maximum Gasteiger partial charge on any atom is 0.308 e.